The maximum absolute atomic E-state index is 13.5. The Kier molecular flexibility index (Phi) is 5.35. The van der Waals surface area contributed by atoms with Crippen LogP contribution in [0.5, 0.6) is 0 Å². The Morgan fingerprint density at radius 2 is 1.85 bits per heavy atom. The van der Waals surface area contributed by atoms with E-state index in [2.05, 4.69) is 25.4 Å². The topological polar surface area (TPSA) is 86.3 Å². The van der Waals surface area contributed by atoms with Crippen LogP contribution >= 0.6 is 0 Å². The van der Waals surface area contributed by atoms with Crippen molar-refractivity contribution in [1.82, 2.24) is 34.5 Å². The van der Waals surface area contributed by atoms with E-state index < -0.39 is 6.43 Å². The maximum Gasteiger partial charge on any atom is 0.280 e. The predicted octanol–water partition coefficient (Wildman–Crippen LogP) is 4.94. The van der Waals surface area contributed by atoms with Crippen LogP contribution in [0.1, 0.15) is 41.9 Å². The van der Waals surface area contributed by atoms with Crippen molar-refractivity contribution in [2.24, 2.45) is 5.92 Å². The van der Waals surface area contributed by atoms with Gasteiger partial charge in [0, 0.05) is 35.6 Å². The van der Waals surface area contributed by atoms with E-state index in [0.29, 0.717) is 17.4 Å². The zero-order valence-electron chi connectivity index (χ0n) is 18.6. The van der Waals surface area contributed by atoms with Crippen molar-refractivity contribution in [2.75, 3.05) is 5.32 Å². The SMILES string of the molecule is Cc1ccc(-c2nn(CC3CC3)c(Nc3cc(-n4nc(C)cc4C(F)F)ncn3)c2C)cn1. The molecule has 0 unspecified atom stereocenters. The van der Waals surface area contributed by atoms with Gasteiger partial charge in [-0.3, -0.25) is 4.98 Å². The van der Waals surface area contributed by atoms with Crippen molar-refractivity contribution in [2.45, 2.75) is 46.6 Å². The molecule has 1 saturated carbocycles. The zero-order valence-corrected chi connectivity index (χ0v) is 18.6. The van der Waals surface area contributed by atoms with Crippen LogP contribution < -0.4 is 5.32 Å². The van der Waals surface area contributed by atoms with E-state index in [1.54, 1.807) is 13.0 Å². The molecule has 170 valence electrons. The summed E-state index contributed by atoms with van der Waals surface area (Å²) < 4.78 is 30.0. The molecular formula is C23H24F2N8. The first-order chi connectivity index (χ1) is 15.9. The molecule has 5 rings (SSSR count). The van der Waals surface area contributed by atoms with E-state index in [0.717, 1.165) is 39.6 Å². The first kappa shape index (κ1) is 21.2. The molecule has 4 heterocycles. The lowest BCUT2D eigenvalue weighted by atomic mass is 10.1. The average Bonchev–Trinajstić information content (AvgIpc) is 3.45. The molecule has 1 fully saturated rings. The second-order valence-electron chi connectivity index (χ2n) is 8.45. The van der Waals surface area contributed by atoms with Crippen LogP contribution in [0.25, 0.3) is 17.1 Å². The van der Waals surface area contributed by atoms with Crippen molar-refractivity contribution in [3.8, 4) is 17.1 Å². The Labute approximate surface area is 189 Å². The molecule has 0 bridgehead atoms. The van der Waals surface area contributed by atoms with Gasteiger partial charge in [0.15, 0.2) is 5.82 Å². The summed E-state index contributed by atoms with van der Waals surface area (Å²) in [7, 11) is 0. The fourth-order valence-corrected chi connectivity index (χ4v) is 3.78. The van der Waals surface area contributed by atoms with Gasteiger partial charge in [-0.15, -0.1) is 0 Å². The molecule has 4 aromatic rings. The summed E-state index contributed by atoms with van der Waals surface area (Å²) in [4.78, 5) is 12.9. The van der Waals surface area contributed by atoms with Gasteiger partial charge in [-0.25, -0.2) is 28.1 Å². The van der Waals surface area contributed by atoms with Crippen molar-refractivity contribution >= 4 is 11.6 Å². The van der Waals surface area contributed by atoms with Gasteiger partial charge in [0.05, 0.1) is 11.4 Å². The molecule has 1 aliphatic rings. The van der Waals surface area contributed by atoms with Crippen LogP contribution in [0.4, 0.5) is 20.4 Å². The summed E-state index contributed by atoms with van der Waals surface area (Å²) in [6.45, 7) is 6.42. The van der Waals surface area contributed by atoms with Gasteiger partial charge in [-0.2, -0.15) is 10.2 Å². The molecule has 1 aliphatic carbocycles. The average molecular weight is 450 g/mol. The first-order valence-electron chi connectivity index (χ1n) is 10.8. The highest BCUT2D eigenvalue weighted by molar-refractivity contribution is 5.71. The minimum Gasteiger partial charge on any atom is -0.325 e. The number of pyridine rings is 1. The van der Waals surface area contributed by atoms with Crippen LogP contribution in [0.15, 0.2) is 36.8 Å². The summed E-state index contributed by atoms with van der Waals surface area (Å²) in [5.74, 6) is 2.16. The van der Waals surface area contributed by atoms with Crippen LogP contribution in [-0.4, -0.2) is 34.5 Å². The molecule has 0 aliphatic heterocycles. The van der Waals surface area contributed by atoms with Crippen molar-refractivity contribution in [1.29, 1.82) is 0 Å². The number of nitrogens with one attached hydrogen (secondary N) is 1. The third-order valence-corrected chi connectivity index (χ3v) is 5.70. The van der Waals surface area contributed by atoms with Gasteiger partial charge in [-0.1, -0.05) is 0 Å². The minimum absolute atomic E-state index is 0.207. The predicted molar refractivity (Wildman–Crippen MR) is 120 cm³/mol. The van der Waals surface area contributed by atoms with Crippen molar-refractivity contribution < 1.29 is 8.78 Å². The number of aromatic nitrogens is 7. The highest BCUT2D eigenvalue weighted by Gasteiger charge is 2.26. The normalized spacial score (nSPS) is 13.6. The lowest BCUT2D eigenvalue weighted by molar-refractivity contribution is 0.142. The molecule has 0 atom stereocenters. The third-order valence-electron chi connectivity index (χ3n) is 5.70. The number of hydrogen-bond acceptors (Lipinski definition) is 6. The second kappa shape index (κ2) is 8.34. The minimum atomic E-state index is -2.66. The van der Waals surface area contributed by atoms with Crippen molar-refractivity contribution in [3.63, 3.8) is 0 Å². The lowest BCUT2D eigenvalue weighted by Crippen LogP contribution is -2.09. The molecule has 0 radical (unpaired) electrons. The summed E-state index contributed by atoms with van der Waals surface area (Å²) in [6.07, 6.45) is 2.88. The van der Waals surface area contributed by atoms with Crippen LogP contribution in [0.2, 0.25) is 0 Å². The maximum atomic E-state index is 13.5. The number of aryl methyl sites for hydroxylation is 2. The summed E-state index contributed by atoms with van der Waals surface area (Å²) in [5, 5.41) is 12.4. The van der Waals surface area contributed by atoms with Gasteiger partial charge in [0.1, 0.15) is 23.7 Å². The standard InChI is InChI=1S/C23H24F2N8/c1-13-4-7-17(10-26-13)21-15(3)23(32(31-21)11-16-5-6-16)29-19-9-20(28-12-27-19)33-18(22(24)25)8-14(2)30-33/h4,7-10,12,16,22H,5-6,11H2,1-3H3,(H,27,28,29). The molecule has 1 N–H and O–H groups in total. The van der Waals surface area contributed by atoms with Crippen LogP contribution in [0, 0.1) is 26.7 Å². The molecule has 0 amide bonds. The van der Waals surface area contributed by atoms with Gasteiger partial charge in [0.2, 0.25) is 0 Å². The number of nitrogens with zero attached hydrogens (tertiary/aromatic N) is 7. The van der Waals surface area contributed by atoms with E-state index in [-0.39, 0.29) is 11.5 Å². The Balaban J connectivity index is 1.51. The summed E-state index contributed by atoms with van der Waals surface area (Å²) >= 11 is 0. The fraction of sp³-hybridized carbons (Fsp3) is 0.348. The Morgan fingerprint density at radius 3 is 2.55 bits per heavy atom. The van der Waals surface area contributed by atoms with Gasteiger partial charge >= 0.3 is 0 Å². The summed E-state index contributed by atoms with van der Waals surface area (Å²) in [6, 6.07) is 6.94. The molecule has 8 nitrogen and oxygen atoms in total. The molecule has 0 saturated heterocycles. The Morgan fingerprint density at radius 1 is 1.03 bits per heavy atom. The molecule has 33 heavy (non-hydrogen) atoms. The smallest absolute Gasteiger partial charge is 0.280 e. The fourth-order valence-electron chi connectivity index (χ4n) is 3.78. The highest BCUT2D eigenvalue weighted by Crippen LogP contribution is 2.35. The molecular weight excluding hydrogens is 426 g/mol. The Hall–Kier alpha value is -3.69. The van der Waals surface area contributed by atoms with Gasteiger partial charge < -0.3 is 5.32 Å². The van der Waals surface area contributed by atoms with Gasteiger partial charge in [-0.05, 0) is 57.7 Å². The largest absolute Gasteiger partial charge is 0.325 e. The zero-order chi connectivity index (χ0) is 23.1. The van der Waals surface area contributed by atoms with E-state index in [1.165, 1.54) is 25.2 Å². The lowest BCUT2D eigenvalue weighted by Gasteiger charge is -2.11. The van der Waals surface area contributed by atoms with Crippen LogP contribution in [-0.2, 0) is 6.54 Å². The first-order valence-corrected chi connectivity index (χ1v) is 10.8. The number of anilines is 2. The number of hydrogen-bond donors (Lipinski definition) is 1. The monoisotopic (exact) mass is 450 g/mol. The number of rotatable bonds is 7. The quantitative estimate of drug-likeness (QED) is 0.429. The van der Waals surface area contributed by atoms with E-state index in [1.807, 2.05) is 36.9 Å². The summed E-state index contributed by atoms with van der Waals surface area (Å²) in [5.41, 5.74) is 3.98. The van der Waals surface area contributed by atoms with E-state index in [9.17, 15) is 8.78 Å². The highest BCUT2D eigenvalue weighted by atomic mass is 19.3. The van der Waals surface area contributed by atoms with Gasteiger partial charge in [0.25, 0.3) is 6.43 Å². The molecule has 10 heteroatoms. The molecule has 4 aromatic heterocycles. The Bertz CT molecular complexity index is 1290. The number of alkyl halides is 2. The third kappa shape index (κ3) is 4.33. The second-order valence-corrected chi connectivity index (χ2v) is 8.45. The van der Waals surface area contributed by atoms with Crippen LogP contribution in [0.3, 0.4) is 0 Å². The molecule has 0 aromatic carbocycles. The van der Waals surface area contributed by atoms with Crippen molar-refractivity contribution in [3.05, 3.63) is 59.4 Å². The number of halogens is 2. The molecule has 0 spiro atoms. The van der Waals surface area contributed by atoms with E-state index in [4.69, 9.17) is 5.10 Å². The van der Waals surface area contributed by atoms with E-state index >= 15 is 0 Å².